The molecular formula is C19H29ClN2O2. The number of piperidine rings is 1. The van der Waals surface area contributed by atoms with Crippen molar-refractivity contribution in [2.24, 2.45) is 5.92 Å². The van der Waals surface area contributed by atoms with E-state index in [0.29, 0.717) is 5.91 Å². The average Bonchev–Trinajstić information content (AvgIpc) is 3.09. The van der Waals surface area contributed by atoms with E-state index in [9.17, 15) is 4.79 Å². The first-order chi connectivity index (χ1) is 11.3. The number of halogens is 1. The van der Waals surface area contributed by atoms with Gasteiger partial charge in [0.1, 0.15) is 0 Å². The number of likely N-dealkylation sites (tertiary alicyclic amines) is 1. The third-order valence-corrected chi connectivity index (χ3v) is 4.91. The van der Waals surface area contributed by atoms with E-state index in [1.54, 1.807) is 0 Å². The summed E-state index contributed by atoms with van der Waals surface area (Å²) in [5, 5.41) is 3.33. The molecule has 2 saturated heterocycles. The summed E-state index contributed by atoms with van der Waals surface area (Å²) in [6.45, 7) is 4.32. The molecule has 3 rings (SSSR count). The van der Waals surface area contributed by atoms with Crippen LogP contribution in [0.3, 0.4) is 0 Å². The van der Waals surface area contributed by atoms with Crippen molar-refractivity contribution >= 4 is 18.3 Å². The lowest BCUT2D eigenvalue weighted by molar-refractivity contribution is -0.135. The minimum absolute atomic E-state index is 0. The molecule has 0 bridgehead atoms. The Morgan fingerprint density at radius 1 is 1.25 bits per heavy atom. The number of ether oxygens (including phenoxy) is 1. The second-order valence-corrected chi connectivity index (χ2v) is 6.70. The van der Waals surface area contributed by atoms with E-state index in [0.717, 1.165) is 64.9 Å². The zero-order chi connectivity index (χ0) is 15.9. The molecule has 5 heteroatoms. The van der Waals surface area contributed by atoms with Crippen molar-refractivity contribution in [2.45, 2.75) is 38.2 Å². The van der Waals surface area contributed by atoms with Gasteiger partial charge in [-0.05, 0) is 44.2 Å². The Bertz CT molecular complexity index is 491. The first-order valence-electron chi connectivity index (χ1n) is 8.98. The lowest BCUT2D eigenvalue weighted by Gasteiger charge is -2.26. The molecule has 1 aromatic rings. The maximum Gasteiger partial charge on any atom is 0.227 e. The lowest BCUT2D eigenvalue weighted by atomic mass is 9.98. The third kappa shape index (κ3) is 5.47. The van der Waals surface area contributed by atoms with Crippen molar-refractivity contribution in [2.75, 3.05) is 32.8 Å². The van der Waals surface area contributed by atoms with Gasteiger partial charge in [-0.15, -0.1) is 12.4 Å². The SMILES string of the molecule is Cl.O=C(C1CCCNC1)N1CCC(OCCCc2ccccc2)C1. The maximum atomic E-state index is 12.5. The van der Waals surface area contributed by atoms with Crippen LogP contribution in [0.4, 0.5) is 0 Å². The first kappa shape index (κ1) is 19.2. The fourth-order valence-electron chi connectivity index (χ4n) is 3.56. The standard InChI is InChI=1S/C19H28N2O2.ClH/c22-19(17-9-4-11-20-14-17)21-12-10-18(15-21)23-13-5-8-16-6-2-1-3-7-16;/h1-3,6-7,17-18,20H,4-5,8-15H2;1H. The van der Waals surface area contributed by atoms with E-state index >= 15 is 0 Å². The van der Waals surface area contributed by atoms with Crippen LogP contribution in [-0.4, -0.2) is 49.7 Å². The summed E-state index contributed by atoms with van der Waals surface area (Å²) in [6.07, 6.45) is 5.46. The third-order valence-electron chi connectivity index (χ3n) is 4.91. The van der Waals surface area contributed by atoms with E-state index < -0.39 is 0 Å². The zero-order valence-electron chi connectivity index (χ0n) is 14.3. The van der Waals surface area contributed by atoms with Gasteiger partial charge in [0.15, 0.2) is 0 Å². The highest BCUT2D eigenvalue weighted by molar-refractivity contribution is 5.85. The molecule has 0 saturated carbocycles. The lowest BCUT2D eigenvalue weighted by Crippen LogP contribution is -2.42. The van der Waals surface area contributed by atoms with Crippen molar-refractivity contribution in [3.63, 3.8) is 0 Å². The van der Waals surface area contributed by atoms with Crippen molar-refractivity contribution in [1.82, 2.24) is 10.2 Å². The zero-order valence-corrected chi connectivity index (χ0v) is 15.1. The van der Waals surface area contributed by atoms with Gasteiger partial charge in [-0.2, -0.15) is 0 Å². The Balaban J connectivity index is 0.00000208. The number of aryl methyl sites for hydroxylation is 1. The predicted molar refractivity (Wildman–Crippen MR) is 98.5 cm³/mol. The molecule has 2 unspecified atom stereocenters. The second kappa shape index (κ2) is 10.0. The summed E-state index contributed by atoms with van der Waals surface area (Å²) < 4.78 is 5.98. The van der Waals surface area contributed by atoms with Gasteiger partial charge >= 0.3 is 0 Å². The van der Waals surface area contributed by atoms with Crippen LogP contribution in [0.5, 0.6) is 0 Å². The Morgan fingerprint density at radius 3 is 2.83 bits per heavy atom. The first-order valence-corrected chi connectivity index (χ1v) is 8.98. The summed E-state index contributed by atoms with van der Waals surface area (Å²) in [5.74, 6) is 0.508. The van der Waals surface area contributed by atoms with Crippen LogP contribution in [-0.2, 0) is 16.0 Å². The number of rotatable bonds is 6. The second-order valence-electron chi connectivity index (χ2n) is 6.70. The predicted octanol–water partition coefficient (Wildman–Crippen LogP) is 2.66. The number of nitrogens with zero attached hydrogens (tertiary/aromatic N) is 1. The monoisotopic (exact) mass is 352 g/mol. The van der Waals surface area contributed by atoms with Gasteiger partial charge < -0.3 is 15.0 Å². The van der Waals surface area contributed by atoms with Crippen LogP contribution in [0.15, 0.2) is 30.3 Å². The topological polar surface area (TPSA) is 41.6 Å². The van der Waals surface area contributed by atoms with Gasteiger partial charge in [0, 0.05) is 26.2 Å². The summed E-state index contributed by atoms with van der Waals surface area (Å²) in [5.41, 5.74) is 1.36. The van der Waals surface area contributed by atoms with Gasteiger partial charge in [0.25, 0.3) is 0 Å². The number of nitrogens with one attached hydrogen (secondary N) is 1. The molecule has 24 heavy (non-hydrogen) atoms. The molecule has 0 radical (unpaired) electrons. The molecule has 4 nitrogen and oxygen atoms in total. The minimum atomic E-state index is 0. The van der Waals surface area contributed by atoms with Crippen LogP contribution in [0, 0.1) is 5.92 Å². The molecule has 2 heterocycles. The van der Waals surface area contributed by atoms with E-state index in [1.807, 2.05) is 11.0 Å². The molecule has 0 spiro atoms. The minimum Gasteiger partial charge on any atom is -0.376 e. The molecule has 2 aliphatic heterocycles. The van der Waals surface area contributed by atoms with Gasteiger partial charge in [-0.1, -0.05) is 30.3 Å². The number of carbonyl (C=O) groups is 1. The van der Waals surface area contributed by atoms with Crippen LogP contribution < -0.4 is 5.32 Å². The summed E-state index contributed by atoms with van der Waals surface area (Å²) in [7, 11) is 0. The Morgan fingerprint density at radius 2 is 2.08 bits per heavy atom. The fourth-order valence-corrected chi connectivity index (χ4v) is 3.56. The van der Waals surface area contributed by atoms with E-state index in [4.69, 9.17) is 4.74 Å². The van der Waals surface area contributed by atoms with Crippen LogP contribution in [0.2, 0.25) is 0 Å². The summed E-state index contributed by atoms with van der Waals surface area (Å²) >= 11 is 0. The molecule has 2 fully saturated rings. The number of amides is 1. The number of carbonyl (C=O) groups excluding carboxylic acids is 1. The number of hydrogen-bond donors (Lipinski definition) is 1. The quantitative estimate of drug-likeness (QED) is 0.800. The van der Waals surface area contributed by atoms with Crippen LogP contribution in [0.1, 0.15) is 31.2 Å². The van der Waals surface area contributed by atoms with Crippen molar-refractivity contribution in [3.05, 3.63) is 35.9 Å². The smallest absolute Gasteiger partial charge is 0.227 e. The largest absolute Gasteiger partial charge is 0.376 e. The molecule has 1 aromatic carbocycles. The molecule has 0 aromatic heterocycles. The number of benzene rings is 1. The normalized spacial score (nSPS) is 23.8. The average molecular weight is 353 g/mol. The van der Waals surface area contributed by atoms with Gasteiger partial charge in [0.2, 0.25) is 5.91 Å². The van der Waals surface area contributed by atoms with Gasteiger partial charge in [-0.3, -0.25) is 4.79 Å². The fraction of sp³-hybridized carbons (Fsp3) is 0.632. The highest BCUT2D eigenvalue weighted by atomic mass is 35.5. The molecular weight excluding hydrogens is 324 g/mol. The number of hydrogen-bond acceptors (Lipinski definition) is 3. The highest BCUT2D eigenvalue weighted by Crippen LogP contribution is 2.19. The highest BCUT2D eigenvalue weighted by Gasteiger charge is 2.31. The van der Waals surface area contributed by atoms with Crippen LogP contribution in [0.25, 0.3) is 0 Å². The summed E-state index contributed by atoms with van der Waals surface area (Å²) in [6, 6.07) is 10.5. The Kier molecular flexibility index (Phi) is 8.03. The van der Waals surface area contributed by atoms with E-state index in [1.165, 1.54) is 5.56 Å². The molecule has 0 aliphatic carbocycles. The molecule has 2 aliphatic rings. The van der Waals surface area contributed by atoms with Gasteiger partial charge in [0.05, 0.1) is 12.0 Å². The van der Waals surface area contributed by atoms with E-state index in [2.05, 4.69) is 29.6 Å². The summed E-state index contributed by atoms with van der Waals surface area (Å²) in [4.78, 5) is 14.5. The maximum absolute atomic E-state index is 12.5. The van der Waals surface area contributed by atoms with Crippen molar-refractivity contribution in [3.8, 4) is 0 Å². The molecule has 134 valence electrons. The van der Waals surface area contributed by atoms with E-state index in [-0.39, 0.29) is 24.4 Å². The molecule has 1 N–H and O–H groups in total. The van der Waals surface area contributed by atoms with Crippen molar-refractivity contribution in [1.29, 1.82) is 0 Å². The van der Waals surface area contributed by atoms with Crippen molar-refractivity contribution < 1.29 is 9.53 Å². The van der Waals surface area contributed by atoms with Crippen LogP contribution >= 0.6 is 12.4 Å². The Labute approximate surface area is 151 Å². The molecule has 2 atom stereocenters. The van der Waals surface area contributed by atoms with Gasteiger partial charge in [-0.25, -0.2) is 0 Å². The Hall–Kier alpha value is -1.10. The molecule has 1 amide bonds.